The van der Waals surface area contributed by atoms with Gasteiger partial charge in [-0.3, -0.25) is 0 Å². The fraction of sp³-hybridized carbons (Fsp3) is 0.0803. The van der Waals surface area contributed by atoms with Crippen molar-refractivity contribution in [2.24, 2.45) is 0 Å². The van der Waals surface area contributed by atoms with Crippen molar-refractivity contribution in [2.45, 2.75) is 73.1 Å². The molecule has 0 saturated heterocycles. The Kier molecular flexibility index (Phi) is 27.0. The van der Waals surface area contributed by atoms with Crippen LogP contribution < -0.4 is 19.6 Å². The zero-order valence-electron chi connectivity index (χ0n) is 81.9. The molecule has 21 aromatic carbocycles. The van der Waals surface area contributed by atoms with E-state index in [1.54, 1.807) is 0 Å². The minimum Gasteiger partial charge on any atom is -0.456 e. The first-order chi connectivity index (χ1) is 69.5. The Morgan fingerprint density at radius 2 is 0.366 bits per heavy atom. The Morgan fingerprint density at radius 1 is 0.155 bits per heavy atom. The van der Waals surface area contributed by atoms with Gasteiger partial charge in [0.2, 0.25) is 0 Å². The summed E-state index contributed by atoms with van der Waals surface area (Å²) in [7, 11) is 0. The molecule has 24 rings (SSSR count). The van der Waals surface area contributed by atoms with Crippen LogP contribution in [0.1, 0.15) is 77.8 Å². The van der Waals surface area contributed by atoms with Crippen LogP contribution in [0.5, 0.6) is 0 Å². The molecule has 142 heavy (non-hydrogen) atoms. The molecule has 0 spiro atoms. The van der Waals surface area contributed by atoms with Crippen LogP contribution in [-0.2, 0) is 10.8 Å². The van der Waals surface area contributed by atoms with Crippen molar-refractivity contribution in [1.29, 1.82) is 0 Å². The average Bonchev–Trinajstić information content (AvgIpc) is 1.58. The van der Waals surface area contributed by atoms with E-state index in [-0.39, 0.29) is 10.8 Å². The van der Waals surface area contributed by atoms with Gasteiger partial charge < -0.3 is 24.0 Å². The quantitative estimate of drug-likeness (QED) is 0.0905. The second kappa shape index (κ2) is 41.5. The summed E-state index contributed by atoms with van der Waals surface area (Å²) in [5, 5.41) is 2.38. The molecule has 2 aliphatic carbocycles. The molecule has 0 N–H and O–H groups in total. The van der Waals surface area contributed by atoms with Crippen molar-refractivity contribution >= 4 is 90.2 Å². The van der Waals surface area contributed by atoms with Crippen molar-refractivity contribution in [3.8, 4) is 77.9 Å². The summed E-state index contributed by atoms with van der Waals surface area (Å²) in [5.74, 6) is 0. The molecule has 0 radical (unpaired) electrons. The Bertz CT molecular complexity index is 8010. The standard InChI is InChI=1S/C34H29N.C31H25N.C28H25N.C25H21N.C19H14O/c1-24-13-15-25(16-14-24)26-17-19-28(20-18-26)35(27-9-5-4-6-10-27)29-21-22-31-30-11-7-8-12-32(30)34(2,3)33(31)23-29;1-24-12-14-26(15-13-24)28-18-22-31(23-19-28)32(29-10-6-3-7-11-29)30-20-16-27(17-21-30)25-8-4-2-5-9-25;1-20-13-15-22(16-14-20)29(21-9-5-4-6-10-21)23-17-18-25-24-11-7-8-12-26(24)28(2,3)27(25)19-23;1-20-12-16-24(17-13-20)26(23-10-6-3-7-11-23)25-18-14-22(15-19-25)21-8-4-2-5-9-21;1-13-9-11-14(12-10-13)15-6-4-8-18-19(15)16-5-2-3-7-17(16)20-18/h4-23H,1-3H3;2-23H,1H3;4-19H,1-3H3;2-19H,1H3;2-12H,1H3. The Balaban J connectivity index is 0.000000110. The zero-order chi connectivity index (χ0) is 97.1. The van der Waals surface area contributed by atoms with Crippen LogP contribution in [0, 0.1) is 34.6 Å². The van der Waals surface area contributed by atoms with Gasteiger partial charge in [-0.2, -0.15) is 0 Å². The topological polar surface area (TPSA) is 26.1 Å². The fourth-order valence-electron chi connectivity index (χ4n) is 19.9. The summed E-state index contributed by atoms with van der Waals surface area (Å²) in [5.41, 5.74) is 45.5. The molecule has 2 aliphatic rings. The highest BCUT2D eigenvalue weighted by molar-refractivity contribution is 6.12. The number of anilines is 12. The van der Waals surface area contributed by atoms with Crippen LogP contribution in [0.2, 0.25) is 0 Å². The minimum atomic E-state index is -0.0282. The van der Waals surface area contributed by atoms with Gasteiger partial charge in [-0.1, -0.05) is 426 Å². The van der Waals surface area contributed by atoms with E-state index in [9.17, 15) is 0 Å². The summed E-state index contributed by atoms with van der Waals surface area (Å²) in [6.45, 7) is 19.9. The molecule has 0 saturated carbocycles. The normalized spacial score (nSPS) is 12.0. The van der Waals surface area contributed by atoms with Gasteiger partial charge in [0.15, 0.2) is 0 Å². The summed E-state index contributed by atoms with van der Waals surface area (Å²) in [6.07, 6.45) is 0. The number of nitrogens with zero attached hydrogens (tertiary/aromatic N) is 4. The molecule has 1 heterocycles. The van der Waals surface area contributed by atoms with Gasteiger partial charge in [0.25, 0.3) is 0 Å². The third kappa shape index (κ3) is 19.9. The van der Waals surface area contributed by atoms with E-state index < -0.39 is 0 Å². The van der Waals surface area contributed by atoms with E-state index in [0.29, 0.717) is 0 Å². The lowest BCUT2D eigenvalue weighted by Crippen LogP contribution is -2.16. The Hall–Kier alpha value is -17.4. The molecule has 0 fully saturated rings. The second-order valence-corrected chi connectivity index (χ2v) is 38.0. The Labute approximate surface area is 837 Å². The molecule has 0 amide bonds. The number of benzene rings is 21. The average molecular weight is 1830 g/mol. The summed E-state index contributed by atoms with van der Waals surface area (Å²) in [4.78, 5) is 9.29. The summed E-state index contributed by atoms with van der Waals surface area (Å²) >= 11 is 0. The van der Waals surface area contributed by atoms with Gasteiger partial charge in [-0.15, -0.1) is 0 Å². The molecule has 0 bridgehead atoms. The lowest BCUT2D eigenvalue weighted by Gasteiger charge is -2.28. The number of hydrogen-bond acceptors (Lipinski definition) is 5. The number of rotatable bonds is 17. The number of aryl methyl sites for hydroxylation is 5. The first kappa shape index (κ1) is 92.3. The van der Waals surface area contributed by atoms with Gasteiger partial charge in [0.1, 0.15) is 11.2 Å². The third-order valence-electron chi connectivity index (χ3n) is 27.5. The highest BCUT2D eigenvalue weighted by Gasteiger charge is 2.38. The molecule has 0 atom stereocenters. The van der Waals surface area contributed by atoms with Crippen LogP contribution in [0.3, 0.4) is 0 Å². The number of para-hydroxylation sites is 5. The number of hydrogen-bond donors (Lipinski definition) is 0. The fourth-order valence-corrected chi connectivity index (χ4v) is 19.9. The van der Waals surface area contributed by atoms with Crippen molar-refractivity contribution < 1.29 is 4.42 Å². The Morgan fingerprint density at radius 3 is 0.690 bits per heavy atom. The third-order valence-corrected chi connectivity index (χ3v) is 27.5. The first-order valence-electron chi connectivity index (χ1n) is 49.2. The van der Waals surface area contributed by atoms with Gasteiger partial charge in [0.05, 0.1) is 0 Å². The maximum absolute atomic E-state index is 5.94. The highest BCUT2D eigenvalue weighted by Crippen LogP contribution is 2.54. The van der Waals surface area contributed by atoms with Crippen LogP contribution in [0.15, 0.2) is 532 Å². The molecule has 22 aromatic rings. The van der Waals surface area contributed by atoms with E-state index in [0.717, 1.165) is 56.7 Å². The van der Waals surface area contributed by atoms with Crippen LogP contribution in [-0.4, -0.2) is 0 Å². The van der Waals surface area contributed by atoms with Crippen LogP contribution in [0.25, 0.3) is 99.8 Å². The molecule has 0 aliphatic heterocycles. The lowest BCUT2D eigenvalue weighted by molar-refractivity contribution is 0.660. The van der Waals surface area contributed by atoms with E-state index >= 15 is 0 Å². The smallest absolute Gasteiger partial charge is 0.136 e. The van der Waals surface area contributed by atoms with Crippen LogP contribution >= 0.6 is 0 Å². The largest absolute Gasteiger partial charge is 0.456 e. The SMILES string of the molecule is Cc1ccc(-c2ccc(N(c3ccccc3)c3ccc(-c4ccccc4)cc3)cc2)cc1.Cc1ccc(-c2ccc(N(c3ccccc3)c3ccc4c(c3)C(C)(C)c3ccccc3-4)cc2)cc1.Cc1ccc(-c2cccc3oc4ccccc4c23)cc1.Cc1ccc(N(c2ccccc2)c2ccc(-c3ccccc3)cc2)cc1.Cc1ccc(N(c2ccccc2)c2ccc3c(c2)C(C)(C)c2ccccc2-3)cc1. The minimum absolute atomic E-state index is 0.00241. The monoisotopic (exact) mass is 1830 g/mol. The number of furan rings is 1. The molecular formula is C137H114N4O. The van der Waals surface area contributed by atoms with Crippen molar-refractivity contribution in [1.82, 2.24) is 0 Å². The number of fused-ring (bicyclic) bond motifs is 9. The predicted molar refractivity (Wildman–Crippen MR) is 604 cm³/mol. The van der Waals surface area contributed by atoms with Crippen molar-refractivity contribution in [2.75, 3.05) is 19.6 Å². The maximum Gasteiger partial charge on any atom is 0.136 e. The van der Waals surface area contributed by atoms with Crippen LogP contribution in [0.4, 0.5) is 68.2 Å². The molecule has 688 valence electrons. The molecule has 1 aromatic heterocycles. The highest BCUT2D eigenvalue weighted by atomic mass is 16.3. The van der Waals surface area contributed by atoms with Crippen molar-refractivity contribution in [3.63, 3.8) is 0 Å². The lowest BCUT2D eigenvalue weighted by atomic mass is 9.82. The van der Waals surface area contributed by atoms with Gasteiger partial charge in [-0.25, -0.2) is 0 Å². The second-order valence-electron chi connectivity index (χ2n) is 38.0. The first-order valence-corrected chi connectivity index (χ1v) is 49.2. The predicted octanol–water partition coefficient (Wildman–Crippen LogP) is 38.7. The summed E-state index contributed by atoms with van der Waals surface area (Å²) in [6, 6.07) is 188. The van der Waals surface area contributed by atoms with Gasteiger partial charge in [-0.05, 0) is 292 Å². The van der Waals surface area contributed by atoms with E-state index in [1.165, 1.54) is 161 Å². The summed E-state index contributed by atoms with van der Waals surface area (Å²) < 4.78 is 5.94. The zero-order valence-corrected chi connectivity index (χ0v) is 81.9. The molecule has 0 unspecified atom stereocenters. The van der Waals surface area contributed by atoms with E-state index in [1.807, 2.05) is 24.3 Å². The van der Waals surface area contributed by atoms with E-state index in [2.05, 4.69) is 585 Å². The van der Waals surface area contributed by atoms with Gasteiger partial charge in [0, 0.05) is 89.9 Å². The van der Waals surface area contributed by atoms with Crippen molar-refractivity contribution in [3.05, 3.63) is 578 Å². The van der Waals surface area contributed by atoms with E-state index in [4.69, 9.17) is 4.42 Å². The molecular weight excluding hydrogens is 1720 g/mol. The molecule has 5 heteroatoms. The maximum atomic E-state index is 5.94. The van der Waals surface area contributed by atoms with Gasteiger partial charge >= 0.3 is 0 Å². The molecule has 5 nitrogen and oxygen atoms in total.